The van der Waals surface area contributed by atoms with Gasteiger partial charge in [0, 0.05) is 36.4 Å². The van der Waals surface area contributed by atoms with Gasteiger partial charge in [0.15, 0.2) is 0 Å². The maximum Gasteiger partial charge on any atom is 0.331 e. The Morgan fingerprint density at radius 1 is 1.03 bits per heavy atom. The molecule has 0 bridgehead atoms. The van der Waals surface area contributed by atoms with Gasteiger partial charge in [-0.25, -0.2) is 4.79 Å². The largest absolute Gasteiger partial charge is 0.494 e. The minimum Gasteiger partial charge on any atom is -0.494 e. The number of aromatic nitrogens is 2. The molecule has 180 valence electrons. The Labute approximate surface area is 201 Å². The third kappa shape index (κ3) is 5.72. The number of ether oxygens (including phenoxy) is 1. The minimum absolute atomic E-state index is 0.0581. The summed E-state index contributed by atoms with van der Waals surface area (Å²) in [6.07, 6.45) is 8.34. The Kier molecular flexibility index (Phi) is 7.97. The maximum absolute atomic E-state index is 13.0. The Balaban J connectivity index is 1.38. The van der Waals surface area contributed by atoms with E-state index in [0.717, 1.165) is 80.1 Å². The Hall–Kier alpha value is -2.05. The van der Waals surface area contributed by atoms with Crippen LogP contribution in [0.15, 0.2) is 33.9 Å². The maximum atomic E-state index is 13.0. The Morgan fingerprint density at radius 3 is 2.45 bits per heavy atom. The molecule has 0 N–H and O–H groups in total. The summed E-state index contributed by atoms with van der Waals surface area (Å²) in [7, 11) is 1.80. The fourth-order valence-electron chi connectivity index (χ4n) is 5.37. The molecule has 2 aromatic rings. The second-order valence-electron chi connectivity index (χ2n) is 9.59. The normalized spacial score (nSPS) is 18.5. The highest BCUT2D eigenvalue weighted by Crippen LogP contribution is 2.29. The number of hydrogen-bond acceptors (Lipinski definition) is 4. The van der Waals surface area contributed by atoms with Crippen LogP contribution >= 0.6 is 11.6 Å². The van der Waals surface area contributed by atoms with Crippen molar-refractivity contribution in [1.29, 1.82) is 0 Å². The van der Waals surface area contributed by atoms with Crippen molar-refractivity contribution in [2.24, 2.45) is 13.0 Å². The average molecular weight is 474 g/mol. The topological polar surface area (TPSA) is 56.5 Å². The molecule has 7 heteroatoms. The van der Waals surface area contributed by atoms with Gasteiger partial charge in [-0.1, -0.05) is 30.9 Å². The van der Waals surface area contributed by atoms with Gasteiger partial charge in [0.1, 0.15) is 5.75 Å². The van der Waals surface area contributed by atoms with E-state index in [0.29, 0.717) is 19.1 Å². The fourth-order valence-corrected chi connectivity index (χ4v) is 5.56. The molecular formula is C26H36ClN3O3. The zero-order chi connectivity index (χ0) is 23.4. The van der Waals surface area contributed by atoms with Crippen molar-refractivity contribution in [3.63, 3.8) is 0 Å². The van der Waals surface area contributed by atoms with Crippen LogP contribution in [0.4, 0.5) is 0 Å². The summed E-state index contributed by atoms with van der Waals surface area (Å²) in [4.78, 5) is 28.2. The predicted octanol–water partition coefficient (Wildman–Crippen LogP) is 4.56. The van der Waals surface area contributed by atoms with Gasteiger partial charge in [0.25, 0.3) is 5.56 Å². The summed E-state index contributed by atoms with van der Waals surface area (Å²) >= 11 is 6.44. The van der Waals surface area contributed by atoms with Crippen molar-refractivity contribution in [2.45, 2.75) is 70.9 Å². The Bertz CT molecular complexity index is 1060. The van der Waals surface area contributed by atoms with Crippen molar-refractivity contribution in [2.75, 3.05) is 19.7 Å². The van der Waals surface area contributed by atoms with Crippen molar-refractivity contribution in [3.8, 4) is 5.75 Å². The number of benzene rings is 1. The summed E-state index contributed by atoms with van der Waals surface area (Å²) in [6, 6.07) is 7.65. The first-order valence-corrected chi connectivity index (χ1v) is 12.8. The molecule has 1 aromatic carbocycles. The average Bonchev–Trinajstić information content (AvgIpc) is 2.82. The molecular weight excluding hydrogens is 438 g/mol. The molecule has 6 nitrogen and oxygen atoms in total. The van der Waals surface area contributed by atoms with E-state index in [1.54, 1.807) is 17.7 Å². The lowest BCUT2D eigenvalue weighted by molar-refractivity contribution is 0.172. The molecule has 1 saturated heterocycles. The molecule has 1 aliphatic carbocycles. The monoisotopic (exact) mass is 473 g/mol. The lowest BCUT2D eigenvalue weighted by Gasteiger charge is -2.32. The van der Waals surface area contributed by atoms with E-state index in [1.165, 1.54) is 11.0 Å². The van der Waals surface area contributed by atoms with E-state index in [9.17, 15) is 9.59 Å². The van der Waals surface area contributed by atoms with Gasteiger partial charge in [0.05, 0.1) is 6.61 Å². The van der Waals surface area contributed by atoms with Gasteiger partial charge in [-0.15, -0.1) is 0 Å². The Morgan fingerprint density at radius 2 is 1.76 bits per heavy atom. The van der Waals surface area contributed by atoms with E-state index in [4.69, 9.17) is 16.3 Å². The zero-order valence-corrected chi connectivity index (χ0v) is 20.6. The van der Waals surface area contributed by atoms with Crippen LogP contribution in [0.3, 0.4) is 0 Å². The predicted molar refractivity (Wildman–Crippen MR) is 132 cm³/mol. The SMILES string of the molecule is CCOc1ccc(Cl)c(CC2CCN(Cc3cc(=O)n(C4CCCCC4)c(=O)n3C)CC2)c1. The standard InChI is InChI=1S/C26H36ClN3O3/c1-3-33-23-9-10-24(27)20(16-23)15-19-11-13-29(14-12-19)18-22-17-25(31)30(26(32)28(22)2)21-7-5-4-6-8-21/h9-10,16-17,19,21H,3-8,11-15,18H2,1-2H3. The van der Waals surface area contributed by atoms with Crippen LogP contribution in [-0.2, 0) is 20.0 Å². The number of rotatable bonds is 7. The molecule has 2 heterocycles. The van der Waals surface area contributed by atoms with Crippen LogP contribution in [0.2, 0.25) is 5.02 Å². The molecule has 0 atom stereocenters. The summed E-state index contributed by atoms with van der Waals surface area (Å²) in [6.45, 7) is 5.17. The second kappa shape index (κ2) is 10.9. The number of likely N-dealkylation sites (tertiary alicyclic amines) is 1. The first-order chi connectivity index (χ1) is 16.0. The third-order valence-electron chi connectivity index (χ3n) is 7.32. The molecule has 33 heavy (non-hydrogen) atoms. The van der Waals surface area contributed by atoms with Gasteiger partial charge >= 0.3 is 5.69 Å². The third-order valence-corrected chi connectivity index (χ3v) is 7.69. The summed E-state index contributed by atoms with van der Waals surface area (Å²) in [5, 5.41) is 0.800. The summed E-state index contributed by atoms with van der Waals surface area (Å²) in [5.41, 5.74) is 1.65. The lowest BCUT2D eigenvalue weighted by atomic mass is 9.90. The van der Waals surface area contributed by atoms with E-state index in [1.807, 2.05) is 19.1 Å². The van der Waals surface area contributed by atoms with Gasteiger partial charge in [-0.05, 0) is 81.8 Å². The second-order valence-corrected chi connectivity index (χ2v) is 9.99. The van der Waals surface area contributed by atoms with Gasteiger partial charge in [0.2, 0.25) is 0 Å². The van der Waals surface area contributed by atoms with Crippen molar-refractivity contribution < 1.29 is 4.74 Å². The fraction of sp³-hybridized carbons (Fsp3) is 0.615. The van der Waals surface area contributed by atoms with Gasteiger partial charge in [-0.2, -0.15) is 0 Å². The lowest BCUT2D eigenvalue weighted by Crippen LogP contribution is -2.44. The first kappa shape index (κ1) is 24.1. The van der Waals surface area contributed by atoms with Crippen LogP contribution in [0, 0.1) is 5.92 Å². The van der Waals surface area contributed by atoms with E-state index in [2.05, 4.69) is 11.0 Å². The van der Waals surface area contributed by atoms with Gasteiger partial charge in [-0.3, -0.25) is 18.8 Å². The van der Waals surface area contributed by atoms with Crippen LogP contribution in [-0.4, -0.2) is 33.7 Å². The quantitative estimate of drug-likeness (QED) is 0.591. The highest BCUT2D eigenvalue weighted by molar-refractivity contribution is 6.31. The minimum atomic E-state index is -0.164. The molecule has 2 aliphatic rings. The molecule has 0 unspecified atom stereocenters. The van der Waals surface area contributed by atoms with E-state index in [-0.39, 0.29) is 17.3 Å². The van der Waals surface area contributed by atoms with Crippen molar-refractivity contribution in [3.05, 3.63) is 61.4 Å². The van der Waals surface area contributed by atoms with E-state index < -0.39 is 0 Å². The summed E-state index contributed by atoms with van der Waals surface area (Å²) in [5.74, 6) is 1.44. The molecule has 1 saturated carbocycles. The van der Waals surface area contributed by atoms with Crippen molar-refractivity contribution >= 4 is 11.6 Å². The molecule has 0 radical (unpaired) electrons. The van der Waals surface area contributed by atoms with Crippen LogP contribution in [0.1, 0.15) is 69.2 Å². The van der Waals surface area contributed by atoms with Crippen LogP contribution in [0.25, 0.3) is 0 Å². The molecule has 1 aromatic heterocycles. The summed E-state index contributed by atoms with van der Waals surface area (Å²) < 4.78 is 8.81. The molecule has 0 amide bonds. The molecule has 2 fully saturated rings. The zero-order valence-electron chi connectivity index (χ0n) is 19.9. The number of halogens is 1. The smallest absolute Gasteiger partial charge is 0.331 e. The van der Waals surface area contributed by atoms with E-state index >= 15 is 0 Å². The number of piperidine rings is 1. The molecule has 0 spiro atoms. The highest BCUT2D eigenvalue weighted by Gasteiger charge is 2.24. The molecule has 4 rings (SSSR count). The van der Waals surface area contributed by atoms with Crippen molar-refractivity contribution in [1.82, 2.24) is 14.0 Å². The first-order valence-electron chi connectivity index (χ1n) is 12.4. The number of nitrogens with zero attached hydrogens (tertiary/aromatic N) is 3. The number of hydrogen-bond donors (Lipinski definition) is 0. The van der Waals surface area contributed by atoms with Crippen LogP contribution in [0.5, 0.6) is 5.75 Å². The van der Waals surface area contributed by atoms with Crippen LogP contribution < -0.4 is 16.0 Å². The highest BCUT2D eigenvalue weighted by atomic mass is 35.5. The molecule has 1 aliphatic heterocycles. The van der Waals surface area contributed by atoms with Gasteiger partial charge < -0.3 is 4.74 Å².